The molecule has 8 heteroatoms. The van der Waals surface area contributed by atoms with E-state index < -0.39 is 25.0 Å². The van der Waals surface area contributed by atoms with E-state index in [1.807, 2.05) is 7.11 Å². The van der Waals surface area contributed by atoms with Crippen LogP contribution < -0.4 is 0 Å². The molecule has 0 saturated heterocycles. The van der Waals surface area contributed by atoms with Gasteiger partial charge in [-0.2, -0.15) is 0 Å². The third kappa shape index (κ3) is 8.83. The minimum atomic E-state index is -1.75. The van der Waals surface area contributed by atoms with Gasteiger partial charge in [0.1, 0.15) is 0 Å². The molecule has 0 aromatic rings. The Morgan fingerprint density at radius 2 is 1.21 bits per heavy atom. The van der Waals surface area contributed by atoms with E-state index in [0.29, 0.717) is 11.0 Å². The Balaban J connectivity index is 5.00. The van der Waals surface area contributed by atoms with Crippen LogP contribution in [0, 0.1) is 0 Å². The Morgan fingerprint density at radius 1 is 0.786 bits per heavy atom. The average Bonchev–Trinajstić information content (AvgIpc) is 2.61. The Hall–Kier alpha value is 0.708. The van der Waals surface area contributed by atoms with Crippen LogP contribution in [0.1, 0.15) is 34.6 Å². The zero-order valence-corrected chi connectivity index (χ0v) is 25.7. The molecule has 0 aliphatic carbocycles. The smallest absolute Gasteiger partial charge is 0.188 e. The van der Waals surface area contributed by atoms with Crippen molar-refractivity contribution in [2.75, 3.05) is 33.3 Å². The van der Waals surface area contributed by atoms with Crippen LogP contribution in [0.15, 0.2) is 0 Å². The third-order valence-electron chi connectivity index (χ3n) is 6.86. The highest BCUT2D eigenvalue weighted by molar-refractivity contribution is 6.95. The predicted molar refractivity (Wildman–Crippen MR) is 138 cm³/mol. The molecule has 28 heavy (non-hydrogen) atoms. The zero-order chi connectivity index (χ0) is 22.2. The first-order valence-corrected chi connectivity index (χ1v) is 22.4. The molecule has 0 fully saturated rings. The summed E-state index contributed by atoms with van der Waals surface area (Å²) >= 11 is 0. The third-order valence-corrected chi connectivity index (χ3v) is 25.1. The summed E-state index contributed by atoms with van der Waals surface area (Å²) in [6, 6.07) is 2.72. The molecule has 1 unspecified atom stereocenters. The highest BCUT2D eigenvalue weighted by Gasteiger charge is 2.45. The van der Waals surface area contributed by atoms with E-state index in [0.717, 1.165) is 26.2 Å². The van der Waals surface area contributed by atoms with Gasteiger partial charge in [0.15, 0.2) is 25.0 Å². The monoisotopic (exact) mass is 464 g/mol. The highest BCUT2D eigenvalue weighted by atomic mass is 28.5. The molecule has 0 aliphatic heterocycles. The van der Waals surface area contributed by atoms with Crippen molar-refractivity contribution in [3.05, 3.63) is 0 Å². The fourth-order valence-corrected chi connectivity index (χ4v) is 25.6. The summed E-state index contributed by atoms with van der Waals surface area (Å²) in [6.45, 7) is 30.7. The molecular formula is C20H52N2O2Si4. The van der Waals surface area contributed by atoms with Crippen molar-refractivity contribution in [3.63, 3.8) is 0 Å². The number of rotatable bonds is 15. The molecule has 0 amide bonds. The van der Waals surface area contributed by atoms with Gasteiger partial charge in [-0.05, 0) is 76.7 Å². The Labute approximate surface area is 183 Å². The van der Waals surface area contributed by atoms with Gasteiger partial charge in [0.2, 0.25) is 0 Å². The Morgan fingerprint density at radius 3 is 1.57 bits per heavy atom. The van der Waals surface area contributed by atoms with E-state index in [4.69, 9.17) is 8.54 Å². The van der Waals surface area contributed by atoms with E-state index in [2.05, 4.69) is 83.7 Å². The van der Waals surface area contributed by atoms with Crippen LogP contribution in [0.5, 0.6) is 0 Å². The minimum Gasteiger partial charge on any atom is -0.455 e. The van der Waals surface area contributed by atoms with Crippen molar-refractivity contribution in [2.24, 2.45) is 0 Å². The first-order valence-electron chi connectivity index (χ1n) is 11.5. The lowest BCUT2D eigenvalue weighted by molar-refractivity contribution is 0.115. The van der Waals surface area contributed by atoms with Crippen LogP contribution in [0.2, 0.25) is 56.5 Å². The standard InChI is InChI=1S/C20H52N2O2Si4/c1-13-21(14-2)20(22(15-3)16-4)25-17-18-26(7,8)24-28(11,12)19(5)27(9,10)23-6/h19-20H,13-18,25H2,1-12H3. The van der Waals surface area contributed by atoms with E-state index in [1.165, 1.54) is 12.1 Å². The maximum absolute atomic E-state index is 7.01. The van der Waals surface area contributed by atoms with Gasteiger partial charge < -0.3 is 8.54 Å². The molecule has 0 aromatic carbocycles. The predicted octanol–water partition coefficient (Wildman–Crippen LogP) is 4.75. The van der Waals surface area contributed by atoms with Crippen molar-refractivity contribution in [3.8, 4) is 0 Å². The molecule has 0 heterocycles. The molecule has 4 nitrogen and oxygen atoms in total. The van der Waals surface area contributed by atoms with Gasteiger partial charge in [-0.15, -0.1) is 0 Å². The molecule has 0 rings (SSSR count). The van der Waals surface area contributed by atoms with Crippen LogP contribution in [0.4, 0.5) is 0 Å². The summed E-state index contributed by atoms with van der Waals surface area (Å²) < 4.78 is 12.9. The molecule has 0 bridgehead atoms. The second kappa shape index (κ2) is 12.5. The van der Waals surface area contributed by atoms with E-state index in [-0.39, 0.29) is 9.52 Å². The van der Waals surface area contributed by atoms with Gasteiger partial charge in [0.25, 0.3) is 0 Å². The SMILES string of the molecule is CCN(CC)C([SiH2]CC[Si](C)(C)O[Si](C)(C)C(C)[Si](C)(C)OC)N(CC)CC. The molecule has 0 saturated carbocycles. The number of hydrogen-bond acceptors (Lipinski definition) is 4. The molecule has 0 N–H and O–H groups in total. The van der Waals surface area contributed by atoms with Gasteiger partial charge >= 0.3 is 0 Å². The molecular weight excluding hydrogens is 413 g/mol. The average molecular weight is 465 g/mol. The van der Waals surface area contributed by atoms with Crippen LogP contribution in [0.3, 0.4) is 0 Å². The fourth-order valence-electron chi connectivity index (χ4n) is 4.46. The van der Waals surface area contributed by atoms with Crippen LogP contribution in [0.25, 0.3) is 0 Å². The summed E-state index contributed by atoms with van der Waals surface area (Å²) in [5, 5.41) is 0.605. The molecule has 170 valence electrons. The molecule has 0 radical (unpaired) electrons. The second-order valence-electron chi connectivity index (χ2n) is 9.81. The van der Waals surface area contributed by atoms with Crippen LogP contribution in [-0.4, -0.2) is 83.3 Å². The van der Waals surface area contributed by atoms with Crippen molar-refractivity contribution < 1.29 is 8.54 Å². The van der Waals surface area contributed by atoms with Gasteiger partial charge in [-0.1, -0.05) is 40.7 Å². The Bertz CT molecular complexity index is 416. The van der Waals surface area contributed by atoms with Crippen molar-refractivity contribution in [1.29, 1.82) is 0 Å². The van der Waals surface area contributed by atoms with Gasteiger partial charge in [-0.3, -0.25) is 9.80 Å². The fraction of sp³-hybridized carbons (Fsp3) is 1.00. The van der Waals surface area contributed by atoms with Gasteiger partial charge in [-0.25, -0.2) is 0 Å². The molecule has 0 aliphatic rings. The quantitative estimate of drug-likeness (QED) is 0.258. The number of hydrogen-bond donors (Lipinski definition) is 0. The van der Waals surface area contributed by atoms with Crippen LogP contribution >= 0.6 is 0 Å². The molecule has 1 atom stereocenters. The molecule has 0 spiro atoms. The van der Waals surface area contributed by atoms with Gasteiger partial charge in [0.05, 0.1) is 9.52 Å². The van der Waals surface area contributed by atoms with Crippen molar-refractivity contribution in [1.82, 2.24) is 9.80 Å². The van der Waals surface area contributed by atoms with Gasteiger partial charge in [0, 0.05) is 12.9 Å². The maximum Gasteiger partial charge on any atom is 0.188 e. The minimum absolute atomic E-state index is 0.192. The Kier molecular flexibility index (Phi) is 12.9. The summed E-state index contributed by atoms with van der Waals surface area (Å²) in [4.78, 5) is 5.37. The van der Waals surface area contributed by atoms with E-state index >= 15 is 0 Å². The largest absolute Gasteiger partial charge is 0.455 e. The van der Waals surface area contributed by atoms with Crippen molar-refractivity contribution >= 4 is 34.5 Å². The van der Waals surface area contributed by atoms with E-state index in [9.17, 15) is 0 Å². The van der Waals surface area contributed by atoms with Crippen molar-refractivity contribution in [2.45, 2.75) is 96.9 Å². The lowest BCUT2D eigenvalue weighted by Gasteiger charge is -2.43. The first-order chi connectivity index (χ1) is 12.8. The lowest BCUT2D eigenvalue weighted by atomic mass is 10.5. The maximum atomic E-state index is 7.01. The normalized spacial score (nSPS) is 15.5. The van der Waals surface area contributed by atoms with E-state index in [1.54, 1.807) is 0 Å². The highest BCUT2D eigenvalue weighted by Crippen LogP contribution is 2.35. The summed E-state index contributed by atoms with van der Waals surface area (Å²) in [5.41, 5.74) is 0. The zero-order valence-electron chi connectivity index (χ0n) is 21.3. The topological polar surface area (TPSA) is 24.9 Å². The summed E-state index contributed by atoms with van der Waals surface area (Å²) in [6.07, 6.45) is 0. The summed E-state index contributed by atoms with van der Waals surface area (Å²) in [5.74, 6) is 0.707. The second-order valence-corrected chi connectivity index (χ2v) is 25.8. The first kappa shape index (κ1) is 28.7. The molecule has 0 aromatic heterocycles. The summed E-state index contributed by atoms with van der Waals surface area (Å²) in [7, 11) is -3.36. The van der Waals surface area contributed by atoms with Crippen LogP contribution in [-0.2, 0) is 8.54 Å². The lowest BCUT2D eigenvalue weighted by Crippen LogP contribution is -2.55. The number of nitrogens with zero attached hydrogens (tertiary/aromatic N) is 2.